The number of hydrogen-bond acceptors (Lipinski definition) is 3. The Balaban J connectivity index is 2.37. The summed E-state index contributed by atoms with van der Waals surface area (Å²) in [6.45, 7) is 6.13. The van der Waals surface area contributed by atoms with E-state index in [-0.39, 0.29) is 25.2 Å². The van der Waals surface area contributed by atoms with Gasteiger partial charge in [-0.2, -0.15) is 0 Å². The molecule has 112 valence electrons. The molecule has 0 saturated heterocycles. The van der Waals surface area contributed by atoms with E-state index in [0.717, 1.165) is 12.8 Å². The number of rotatable bonds is 8. The molecule has 0 fully saturated rings. The van der Waals surface area contributed by atoms with Crippen LogP contribution in [-0.4, -0.2) is 30.3 Å². The van der Waals surface area contributed by atoms with Crippen molar-refractivity contribution in [3.63, 3.8) is 0 Å². The Morgan fingerprint density at radius 2 is 1.95 bits per heavy atom. The number of aryl methyl sites for hydroxylation is 1. The maximum Gasteiger partial charge on any atom is 0.258 e. The van der Waals surface area contributed by atoms with Gasteiger partial charge in [0.1, 0.15) is 5.75 Å². The van der Waals surface area contributed by atoms with Crippen LogP contribution in [0.4, 0.5) is 0 Å². The molecule has 20 heavy (non-hydrogen) atoms. The Labute approximate surface area is 121 Å². The van der Waals surface area contributed by atoms with E-state index in [1.165, 1.54) is 5.56 Å². The first kappa shape index (κ1) is 16.5. The normalized spacial score (nSPS) is 12.2. The molecule has 0 aromatic heterocycles. The molecule has 1 aromatic rings. The molecule has 4 nitrogen and oxygen atoms in total. The largest absolute Gasteiger partial charge is 0.484 e. The van der Waals surface area contributed by atoms with Gasteiger partial charge in [-0.25, -0.2) is 0 Å². The van der Waals surface area contributed by atoms with Crippen molar-refractivity contribution in [3.8, 4) is 5.75 Å². The van der Waals surface area contributed by atoms with E-state index in [2.05, 4.69) is 26.1 Å². The maximum absolute atomic E-state index is 11.7. The van der Waals surface area contributed by atoms with E-state index in [1.807, 2.05) is 24.3 Å². The summed E-state index contributed by atoms with van der Waals surface area (Å²) in [7, 11) is 0. The summed E-state index contributed by atoms with van der Waals surface area (Å²) in [6, 6.07) is 7.51. The Kier molecular flexibility index (Phi) is 7.09. The van der Waals surface area contributed by atoms with Crippen LogP contribution in [0.5, 0.6) is 5.75 Å². The van der Waals surface area contributed by atoms with Crippen LogP contribution < -0.4 is 10.1 Å². The van der Waals surface area contributed by atoms with E-state index in [4.69, 9.17) is 4.74 Å². The predicted octanol–water partition coefficient (Wildman–Crippen LogP) is 2.15. The number of aliphatic hydroxyl groups excluding tert-OH is 1. The summed E-state index contributed by atoms with van der Waals surface area (Å²) in [4.78, 5) is 11.7. The van der Waals surface area contributed by atoms with E-state index in [9.17, 15) is 9.90 Å². The molecule has 0 bridgehead atoms. The van der Waals surface area contributed by atoms with E-state index in [0.29, 0.717) is 11.7 Å². The topological polar surface area (TPSA) is 58.6 Å². The number of carbonyl (C=O) groups is 1. The smallest absolute Gasteiger partial charge is 0.258 e. The fourth-order valence-electron chi connectivity index (χ4n) is 1.99. The molecule has 0 heterocycles. The van der Waals surface area contributed by atoms with Gasteiger partial charge in [-0.3, -0.25) is 4.79 Å². The molecule has 0 aliphatic rings. The summed E-state index contributed by atoms with van der Waals surface area (Å²) in [5.74, 6) is 0.904. The Morgan fingerprint density at radius 1 is 1.30 bits per heavy atom. The second-order valence-electron chi connectivity index (χ2n) is 5.36. The monoisotopic (exact) mass is 279 g/mol. The van der Waals surface area contributed by atoms with E-state index < -0.39 is 0 Å². The summed E-state index contributed by atoms with van der Waals surface area (Å²) >= 11 is 0. The van der Waals surface area contributed by atoms with Gasteiger partial charge in [0, 0.05) is 0 Å². The summed E-state index contributed by atoms with van der Waals surface area (Å²) in [5, 5.41) is 12.0. The molecule has 1 rings (SSSR count). The number of amides is 1. The average molecular weight is 279 g/mol. The third kappa shape index (κ3) is 6.06. The van der Waals surface area contributed by atoms with Gasteiger partial charge in [0.25, 0.3) is 5.91 Å². The van der Waals surface area contributed by atoms with Crippen LogP contribution in [0.3, 0.4) is 0 Å². The minimum absolute atomic E-state index is 0.0277. The number of aliphatic hydroxyl groups is 1. The number of nitrogens with one attached hydrogen (secondary N) is 1. The van der Waals surface area contributed by atoms with Crippen LogP contribution in [0.1, 0.15) is 32.8 Å². The van der Waals surface area contributed by atoms with Crippen molar-refractivity contribution in [1.82, 2.24) is 5.32 Å². The molecule has 1 aromatic carbocycles. The quantitative estimate of drug-likeness (QED) is 0.766. The molecule has 1 amide bonds. The second kappa shape index (κ2) is 8.59. The van der Waals surface area contributed by atoms with Gasteiger partial charge in [0.2, 0.25) is 0 Å². The molecule has 2 N–H and O–H groups in total. The molecular weight excluding hydrogens is 254 g/mol. The first-order chi connectivity index (χ1) is 9.55. The zero-order chi connectivity index (χ0) is 15.0. The van der Waals surface area contributed by atoms with Gasteiger partial charge in [-0.05, 0) is 36.5 Å². The molecule has 0 aliphatic carbocycles. The molecule has 0 spiro atoms. The Hall–Kier alpha value is -1.55. The van der Waals surface area contributed by atoms with E-state index in [1.54, 1.807) is 0 Å². The molecule has 1 atom stereocenters. The van der Waals surface area contributed by atoms with Crippen LogP contribution in [-0.2, 0) is 11.2 Å². The third-order valence-electron chi connectivity index (χ3n) is 3.04. The second-order valence-corrected chi connectivity index (χ2v) is 5.36. The first-order valence-corrected chi connectivity index (χ1v) is 7.17. The molecule has 0 saturated carbocycles. The number of ether oxygens (including phenoxy) is 1. The average Bonchev–Trinajstić information content (AvgIpc) is 2.44. The van der Waals surface area contributed by atoms with Crippen molar-refractivity contribution >= 4 is 5.91 Å². The van der Waals surface area contributed by atoms with Gasteiger partial charge < -0.3 is 15.2 Å². The van der Waals surface area contributed by atoms with Crippen molar-refractivity contribution in [2.45, 2.75) is 39.7 Å². The lowest BCUT2D eigenvalue weighted by Gasteiger charge is -2.18. The van der Waals surface area contributed by atoms with Crippen molar-refractivity contribution in [2.24, 2.45) is 5.92 Å². The van der Waals surface area contributed by atoms with Gasteiger partial charge in [0.15, 0.2) is 6.61 Å². The first-order valence-electron chi connectivity index (χ1n) is 7.17. The van der Waals surface area contributed by atoms with Crippen molar-refractivity contribution < 1.29 is 14.6 Å². The zero-order valence-electron chi connectivity index (χ0n) is 12.6. The third-order valence-corrected chi connectivity index (χ3v) is 3.04. The highest BCUT2D eigenvalue weighted by atomic mass is 16.5. The van der Waals surface area contributed by atoms with Gasteiger partial charge in [0.05, 0.1) is 12.6 Å². The minimum Gasteiger partial charge on any atom is -0.484 e. The van der Waals surface area contributed by atoms with Crippen LogP contribution in [0, 0.1) is 5.92 Å². The standard InChI is InChI=1S/C16H25NO3/c1-4-13-5-7-15(8-6-13)20-11-16(19)17-14(10-18)9-12(2)3/h5-8,12,14,18H,4,9-11H2,1-3H3,(H,17,19). The van der Waals surface area contributed by atoms with Crippen LogP contribution in [0.2, 0.25) is 0 Å². The summed E-state index contributed by atoms with van der Waals surface area (Å²) in [6.07, 6.45) is 1.74. The van der Waals surface area contributed by atoms with Crippen molar-refractivity contribution in [1.29, 1.82) is 0 Å². The highest BCUT2D eigenvalue weighted by Gasteiger charge is 2.13. The summed E-state index contributed by atoms with van der Waals surface area (Å²) in [5.41, 5.74) is 1.24. The van der Waals surface area contributed by atoms with Gasteiger partial charge in [-0.15, -0.1) is 0 Å². The predicted molar refractivity (Wildman–Crippen MR) is 79.8 cm³/mol. The SMILES string of the molecule is CCc1ccc(OCC(=O)NC(CO)CC(C)C)cc1. The van der Waals surface area contributed by atoms with Crippen molar-refractivity contribution in [3.05, 3.63) is 29.8 Å². The zero-order valence-corrected chi connectivity index (χ0v) is 12.6. The fourth-order valence-corrected chi connectivity index (χ4v) is 1.99. The molecule has 0 aliphatic heterocycles. The fraction of sp³-hybridized carbons (Fsp3) is 0.562. The highest BCUT2D eigenvalue weighted by Crippen LogP contribution is 2.12. The molecule has 1 unspecified atom stereocenters. The molecular formula is C16H25NO3. The van der Waals surface area contributed by atoms with Gasteiger partial charge in [-0.1, -0.05) is 32.9 Å². The lowest BCUT2D eigenvalue weighted by Crippen LogP contribution is -2.40. The lowest BCUT2D eigenvalue weighted by molar-refractivity contribution is -0.124. The maximum atomic E-state index is 11.7. The van der Waals surface area contributed by atoms with Crippen LogP contribution >= 0.6 is 0 Å². The van der Waals surface area contributed by atoms with Crippen LogP contribution in [0.25, 0.3) is 0 Å². The minimum atomic E-state index is -0.204. The summed E-state index contributed by atoms with van der Waals surface area (Å²) < 4.78 is 5.42. The van der Waals surface area contributed by atoms with Crippen LogP contribution in [0.15, 0.2) is 24.3 Å². The number of carbonyl (C=O) groups excluding carboxylic acids is 1. The van der Waals surface area contributed by atoms with Crippen molar-refractivity contribution in [2.75, 3.05) is 13.2 Å². The Bertz CT molecular complexity index is 401. The van der Waals surface area contributed by atoms with E-state index >= 15 is 0 Å². The molecule has 4 heteroatoms. The Morgan fingerprint density at radius 3 is 2.45 bits per heavy atom. The number of hydrogen-bond donors (Lipinski definition) is 2. The van der Waals surface area contributed by atoms with Gasteiger partial charge >= 0.3 is 0 Å². The highest BCUT2D eigenvalue weighted by molar-refractivity contribution is 5.77. The molecule has 0 radical (unpaired) electrons. The lowest BCUT2D eigenvalue weighted by atomic mass is 10.0. The number of benzene rings is 1.